The minimum Gasteiger partial charge on any atom is -0.468 e. The van der Waals surface area contributed by atoms with Gasteiger partial charge in [0.25, 0.3) is 5.69 Å². The highest BCUT2D eigenvalue weighted by atomic mass is 35.5. The number of likely N-dealkylation sites (tertiary alicyclic amines) is 1. The molecule has 6 nitrogen and oxygen atoms in total. The van der Waals surface area contributed by atoms with Crippen LogP contribution in [0.1, 0.15) is 24.8 Å². The molecule has 1 fully saturated rings. The number of rotatable bonds is 4. The van der Waals surface area contributed by atoms with Crippen LogP contribution >= 0.6 is 11.6 Å². The fourth-order valence-corrected chi connectivity index (χ4v) is 2.81. The smallest absolute Gasteiger partial charge is 0.323 e. The average Bonchev–Trinajstić information content (AvgIpc) is 2.48. The fourth-order valence-electron chi connectivity index (χ4n) is 2.64. The monoisotopic (exact) mass is 312 g/mol. The van der Waals surface area contributed by atoms with E-state index < -0.39 is 4.92 Å². The summed E-state index contributed by atoms with van der Waals surface area (Å²) in [6.45, 7) is 1.06. The molecule has 0 aromatic heterocycles. The van der Waals surface area contributed by atoms with Gasteiger partial charge in [-0.1, -0.05) is 18.0 Å². The lowest BCUT2D eigenvalue weighted by atomic mass is 10.0. The van der Waals surface area contributed by atoms with Crippen LogP contribution in [0.4, 0.5) is 5.69 Å². The number of ether oxygens (including phenoxy) is 1. The highest BCUT2D eigenvalue weighted by Gasteiger charge is 2.30. The zero-order valence-corrected chi connectivity index (χ0v) is 12.5. The maximum Gasteiger partial charge on any atom is 0.323 e. The quantitative estimate of drug-likeness (QED) is 0.485. The third kappa shape index (κ3) is 3.71. The van der Waals surface area contributed by atoms with Gasteiger partial charge in [0, 0.05) is 23.2 Å². The molecule has 0 aliphatic carbocycles. The van der Waals surface area contributed by atoms with Crippen LogP contribution in [-0.4, -0.2) is 35.5 Å². The first-order valence-corrected chi connectivity index (χ1v) is 7.15. The molecule has 1 aliphatic rings. The molecular weight excluding hydrogens is 296 g/mol. The van der Waals surface area contributed by atoms with Gasteiger partial charge in [-0.3, -0.25) is 19.8 Å². The Labute approximate surface area is 127 Å². The molecule has 0 radical (unpaired) electrons. The number of carbonyl (C=O) groups excluding carboxylic acids is 1. The largest absolute Gasteiger partial charge is 0.468 e. The Morgan fingerprint density at radius 3 is 2.95 bits per heavy atom. The van der Waals surface area contributed by atoms with Gasteiger partial charge in [-0.2, -0.15) is 0 Å². The second kappa shape index (κ2) is 6.87. The van der Waals surface area contributed by atoms with Crippen LogP contribution in [0.3, 0.4) is 0 Å². The van der Waals surface area contributed by atoms with Gasteiger partial charge in [-0.25, -0.2) is 0 Å². The molecule has 1 heterocycles. The Balaban J connectivity index is 2.23. The molecule has 0 bridgehead atoms. The Kier molecular flexibility index (Phi) is 5.14. The molecule has 114 valence electrons. The van der Waals surface area contributed by atoms with E-state index in [0.29, 0.717) is 23.6 Å². The van der Waals surface area contributed by atoms with E-state index >= 15 is 0 Å². The second-order valence-corrected chi connectivity index (χ2v) is 5.47. The van der Waals surface area contributed by atoms with E-state index in [1.54, 1.807) is 12.1 Å². The number of hydrogen-bond acceptors (Lipinski definition) is 5. The van der Waals surface area contributed by atoms with Crippen LogP contribution < -0.4 is 0 Å². The standard InChI is InChI=1S/C14H17ClN2O4/c1-21-14(18)12-4-2-3-7-16(12)9-10-5-6-11(15)8-13(10)17(19)20/h5-6,8,12H,2-4,7,9H2,1H3. The number of nitrogens with zero attached hydrogens (tertiary/aromatic N) is 2. The van der Waals surface area contributed by atoms with Crippen molar-refractivity contribution in [2.75, 3.05) is 13.7 Å². The number of nitro groups is 1. The Bertz CT molecular complexity index is 550. The van der Waals surface area contributed by atoms with E-state index in [9.17, 15) is 14.9 Å². The van der Waals surface area contributed by atoms with Gasteiger partial charge in [0.2, 0.25) is 0 Å². The molecule has 21 heavy (non-hydrogen) atoms. The summed E-state index contributed by atoms with van der Waals surface area (Å²) in [4.78, 5) is 24.4. The van der Waals surface area contributed by atoms with Crippen molar-refractivity contribution in [2.24, 2.45) is 0 Å². The van der Waals surface area contributed by atoms with Crippen molar-refractivity contribution < 1.29 is 14.5 Å². The van der Waals surface area contributed by atoms with Gasteiger partial charge in [-0.15, -0.1) is 0 Å². The lowest BCUT2D eigenvalue weighted by Crippen LogP contribution is -2.44. The van der Waals surface area contributed by atoms with Crippen LogP contribution in [0.5, 0.6) is 0 Å². The molecular formula is C14H17ClN2O4. The first kappa shape index (κ1) is 15.7. The third-order valence-corrected chi connectivity index (χ3v) is 3.94. The maximum absolute atomic E-state index is 11.8. The van der Waals surface area contributed by atoms with E-state index in [2.05, 4.69) is 0 Å². The SMILES string of the molecule is COC(=O)C1CCCCN1Cc1ccc(Cl)cc1[N+](=O)[O-]. The van der Waals surface area contributed by atoms with Gasteiger partial charge in [-0.05, 0) is 31.5 Å². The number of methoxy groups -OCH3 is 1. The fraction of sp³-hybridized carbons (Fsp3) is 0.500. The molecule has 0 spiro atoms. The van der Waals surface area contributed by atoms with Crippen LogP contribution in [0.25, 0.3) is 0 Å². The molecule has 1 atom stereocenters. The molecule has 0 amide bonds. The lowest BCUT2D eigenvalue weighted by molar-refractivity contribution is -0.385. The summed E-state index contributed by atoms with van der Waals surface area (Å²) in [6, 6.07) is 4.28. The van der Waals surface area contributed by atoms with Crippen molar-refractivity contribution in [2.45, 2.75) is 31.8 Å². The normalized spacial score (nSPS) is 19.2. The van der Waals surface area contributed by atoms with E-state index in [-0.39, 0.29) is 17.7 Å². The number of halogens is 1. The van der Waals surface area contributed by atoms with Crippen LogP contribution in [0.2, 0.25) is 5.02 Å². The first-order valence-electron chi connectivity index (χ1n) is 6.77. The van der Waals surface area contributed by atoms with Gasteiger partial charge in [0.05, 0.1) is 12.0 Å². The maximum atomic E-state index is 11.8. The summed E-state index contributed by atoms with van der Waals surface area (Å²) >= 11 is 5.81. The van der Waals surface area contributed by atoms with Crippen molar-refractivity contribution in [3.05, 3.63) is 38.9 Å². The van der Waals surface area contributed by atoms with E-state index in [1.165, 1.54) is 13.2 Å². The number of carbonyl (C=O) groups is 1. The summed E-state index contributed by atoms with van der Waals surface area (Å²) in [5.41, 5.74) is 0.539. The number of benzene rings is 1. The summed E-state index contributed by atoms with van der Waals surface area (Å²) in [6.07, 6.45) is 2.64. The molecule has 1 aliphatic heterocycles. The molecule has 1 aromatic carbocycles. The van der Waals surface area contributed by atoms with E-state index in [0.717, 1.165) is 19.4 Å². The van der Waals surface area contributed by atoms with Crippen molar-refractivity contribution >= 4 is 23.3 Å². The van der Waals surface area contributed by atoms with Crippen LogP contribution in [-0.2, 0) is 16.1 Å². The highest BCUT2D eigenvalue weighted by Crippen LogP contribution is 2.27. The lowest BCUT2D eigenvalue weighted by Gasteiger charge is -2.33. The van der Waals surface area contributed by atoms with Crippen LogP contribution in [0, 0.1) is 10.1 Å². The first-order chi connectivity index (χ1) is 10.0. The highest BCUT2D eigenvalue weighted by molar-refractivity contribution is 6.30. The third-order valence-electron chi connectivity index (χ3n) is 3.70. The van der Waals surface area contributed by atoms with Crippen molar-refractivity contribution in [3.8, 4) is 0 Å². The molecule has 0 N–H and O–H groups in total. The van der Waals surface area contributed by atoms with Crippen molar-refractivity contribution in [1.82, 2.24) is 4.90 Å². The van der Waals surface area contributed by atoms with Gasteiger partial charge in [0.15, 0.2) is 0 Å². The predicted octanol–water partition coefficient (Wildman–Crippen LogP) is 2.78. The predicted molar refractivity (Wildman–Crippen MR) is 78.2 cm³/mol. The van der Waals surface area contributed by atoms with Gasteiger partial charge in [0.1, 0.15) is 6.04 Å². The van der Waals surface area contributed by atoms with E-state index in [4.69, 9.17) is 16.3 Å². The minimum absolute atomic E-state index is 0.0170. The Morgan fingerprint density at radius 2 is 2.29 bits per heavy atom. The number of nitro benzene ring substituents is 1. The van der Waals surface area contributed by atoms with Crippen molar-refractivity contribution in [1.29, 1.82) is 0 Å². The molecule has 2 rings (SSSR count). The molecule has 7 heteroatoms. The number of esters is 1. The summed E-state index contributed by atoms with van der Waals surface area (Å²) < 4.78 is 4.82. The summed E-state index contributed by atoms with van der Waals surface area (Å²) in [7, 11) is 1.36. The number of piperidine rings is 1. The summed E-state index contributed by atoms with van der Waals surface area (Å²) in [5.74, 6) is -0.286. The summed E-state index contributed by atoms with van der Waals surface area (Å²) in [5, 5.41) is 11.5. The zero-order valence-electron chi connectivity index (χ0n) is 11.8. The molecule has 1 saturated heterocycles. The van der Waals surface area contributed by atoms with E-state index in [1.807, 2.05) is 4.90 Å². The zero-order chi connectivity index (χ0) is 15.4. The molecule has 0 saturated carbocycles. The molecule has 1 unspecified atom stereocenters. The van der Waals surface area contributed by atoms with Crippen molar-refractivity contribution in [3.63, 3.8) is 0 Å². The minimum atomic E-state index is -0.446. The Morgan fingerprint density at radius 1 is 1.52 bits per heavy atom. The topological polar surface area (TPSA) is 72.7 Å². The average molecular weight is 313 g/mol. The number of hydrogen-bond donors (Lipinski definition) is 0. The van der Waals surface area contributed by atoms with Gasteiger partial charge < -0.3 is 4.74 Å². The molecule has 1 aromatic rings. The van der Waals surface area contributed by atoms with Gasteiger partial charge >= 0.3 is 5.97 Å². The second-order valence-electron chi connectivity index (χ2n) is 5.04. The Hall–Kier alpha value is -1.66. The van der Waals surface area contributed by atoms with Crippen LogP contribution in [0.15, 0.2) is 18.2 Å².